The van der Waals surface area contributed by atoms with Crippen LogP contribution in [0.4, 0.5) is 21.9 Å². The van der Waals surface area contributed by atoms with Gasteiger partial charge in [-0.25, -0.2) is 14.3 Å². The number of amides is 2. The van der Waals surface area contributed by atoms with Crippen molar-refractivity contribution in [2.75, 3.05) is 153 Å². The van der Waals surface area contributed by atoms with Gasteiger partial charge in [-0.1, -0.05) is 55.7 Å². The van der Waals surface area contributed by atoms with Crippen molar-refractivity contribution in [3.63, 3.8) is 0 Å². The molecular weight excluding hydrogens is 1310 g/mol. The number of pyridine rings is 3. The molecule has 0 bridgehead atoms. The Morgan fingerprint density at radius 3 is 1.50 bits per heavy atom. The number of piperidine rings is 1. The lowest BCUT2D eigenvalue weighted by Crippen LogP contribution is -2.55. The topological polar surface area (TPSA) is 180 Å². The van der Waals surface area contributed by atoms with E-state index in [-0.39, 0.29) is 12.1 Å². The summed E-state index contributed by atoms with van der Waals surface area (Å²) in [5.74, 6) is 4.33. The molecule has 1 saturated carbocycles. The number of fused-ring (bicyclic) bond motifs is 3. The number of anilines is 3. The van der Waals surface area contributed by atoms with Crippen molar-refractivity contribution < 1.29 is 38.1 Å². The first-order chi connectivity index (χ1) is 50.5. The minimum absolute atomic E-state index is 0.193. The van der Waals surface area contributed by atoms with E-state index in [0.29, 0.717) is 36.0 Å². The van der Waals surface area contributed by atoms with Gasteiger partial charge in [-0.3, -0.25) is 24.6 Å². The fourth-order valence-corrected chi connectivity index (χ4v) is 15.8. The molecular formula is C83H111N13O8. The third-order valence-electron chi connectivity index (χ3n) is 21.3. The molecule has 0 unspecified atom stereocenters. The Morgan fingerprint density at radius 2 is 0.981 bits per heavy atom. The van der Waals surface area contributed by atoms with E-state index in [0.717, 1.165) is 236 Å². The van der Waals surface area contributed by atoms with Gasteiger partial charge in [0.15, 0.2) is 5.60 Å². The Balaban J connectivity index is 0.000000147. The zero-order valence-electron chi connectivity index (χ0n) is 62.9. The van der Waals surface area contributed by atoms with Crippen LogP contribution in [0.5, 0.6) is 17.2 Å². The van der Waals surface area contributed by atoms with Crippen LogP contribution in [0.15, 0.2) is 134 Å². The van der Waals surface area contributed by atoms with Gasteiger partial charge < -0.3 is 58.0 Å². The molecule has 0 N–H and O–H groups in total. The van der Waals surface area contributed by atoms with Crippen LogP contribution >= 0.6 is 0 Å². The van der Waals surface area contributed by atoms with E-state index in [2.05, 4.69) is 93.9 Å². The van der Waals surface area contributed by atoms with E-state index in [1.165, 1.54) is 32.1 Å². The van der Waals surface area contributed by atoms with Crippen LogP contribution in [0.1, 0.15) is 118 Å². The summed E-state index contributed by atoms with van der Waals surface area (Å²) in [5, 5.41) is 8.13. The lowest BCUT2D eigenvalue weighted by molar-refractivity contribution is -0.158. The summed E-state index contributed by atoms with van der Waals surface area (Å²) in [5.41, 5.74) is 6.62. The van der Waals surface area contributed by atoms with Crippen molar-refractivity contribution in [3.05, 3.63) is 140 Å². The normalized spacial score (nSPS) is 18.1. The van der Waals surface area contributed by atoms with E-state index < -0.39 is 11.2 Å². The van der Waals surface area contributed by atoms with Crippen LogP contribution in [-0.4, -0.2) is 217 Å². The molecule has 14 rings (SSSR count). The van der Waals surface area contributed by atoms with E-state index in [4.69, 9.17) is 38.8 Å². The van der Waals surface area contributed by atoms with Crippen molar-refractivity contribution in [1.82, 2.24) is 49.2 Å². The number of methoxy groups -OCH3 is 2. The number of esters is 1. The Bertz CT molecular complexity index is 4110. The fraction of sp³-hybridized carbons (Fsp3) is 0.530. The fourth-order valence-electron chi connectivity index (χ4n) is 15.8. The van der Waals surface area contributed by atoms with E-state index in [1.807, 2.05) is 104 Å². The first-order valence-electron chi connectivity index (χ1n) is 38.3. The van der Waals surface area contributed by atoms with Crippen LogP contribution < -0.4 is 28.9 Å². The molecule has 6 aliphatic rings. The molecule has 4 aromatic heterocycles. The van der Waals surface area contributed by atoms with E-state index in [1.54, 1.807) is 41.2 Å². The maximum atomic E-state index is 12.8. The number of rotatable bonds is 18. The summed E-state index contributed by atoms with van der Waals surface area (Å²) >= 11 is 0. The maximum Gasteiger partial charge on any atom is 0.410 e. The standard InChI is InChI=1S/C30H35N5O3.C29H42N4O2.C24H34N4O3/c1-4-37-29(36)30(2,3)38-26-14-13-23-10-8-16-31-27(23)28(26)34-18-9-17-33(20-21-34)22-24-15-19-35(32-24)25-11-6-5-7-12-25;1-35-26-11-10-25-9-5-14-30-28(25)29(26)33-16-6-15-31(19-20-33)22-24-12-17-32(18-13-24)27(34)21-23-7-3-2-4-8-23;1-24(2,3)31-23(29)28-16-18(17-28)15-26-11-6-12-27(14-13-26)22-20(30-4)9-8-19-7-5-10-25-21(19)22/h5-8,10-16,19H,4,9,17-18,20-22H2,1-3H3;5,9-11,14,23-24H,2-4,6-8,12-13,15-22H2,1H3;5,7-10,18H,6,11-17H2,1-4H3. The number of likely N-dealkylation sites (tertiary alicyclic amines) is 2. The maximum absolute atomic E-state index is 12.8. The predicted molar refractivity (Wildman–Crippen MR) is 414 cm³/mol. The van der Waals surface area contributed by atoms with Crippen LogP contribution in [0.3, 0.4) is 0 Å². The summed E-state index contributed by atoms with van der Waals surface area (Å²) < 4.78 is 30.4. The molecule has 104 heavy (non-hydrogen) atoms. The quantitative estimate of drug-likeness (QED) is 0.0740. The molecule has 5 aliphatic heterocycles. The van der Waals surface area contributed by atoms with Gasteiger partial charge in [-0.2, -0.15) is 5.10 Å². The number of aromatic nitrogens is 5. The Kier molecular flexibility index (Phi) is 25.4. The van der Waals surface area contributed by atoms with Gasteiger partial charge >= 0.3 is 12.1 Å². The molecule has 1 aliphatic carbocycles. The molecule has 4 aromatic carbocycles. The van der Waals surface area contributed by atoms with Gasteiger partial charge in [-0.15, -0.1) is 0 Å². The Labute approximate surface area is 615 Å². The first kappa shape index (κ1) is 74.9. The van der Waals surface area contributed by atoms with Crippen molar-refractivity contribution in [3.8, 4) is 22.9 Å². The van der Waals surface area contributed by atoms with Crippen molar-refractivity contribution in [2.45, 2.75) is 130 Å². The van der Waals surface area contributed by atoms with Gasteiger partial charge in [0, 0.05) is 165 Å². The molecule has 6 fully saturated rings. The minimum Gasteiger partial charge on any atom is -0.494 e. The highest BCUT2D eigenvalue weighted by atomic mass is 16.6. The molecule has 21 heteroatoms. The zero-order chi connectivity index (χ0) is 72.6. The molecule has 0 spiro atoms. The second-order valence-electron chi connectivity index (χ2n) is 30.5. The smallest absolute Gasteiger partial charge is 0.410 e. The zero-order valence-corrected chi connectivity index (χ0v) is 62.9. The Morgan fingerprint density at radius 1 is 0.481 bits per heavy atom. The number of carbonyl (C=O) groups is 3. The summed E-state index contributed by atoms with van der Waals surface area (Å²) in [6.07, 6.45) is 20.2. The average molecular weight is 1420 g/mol. The molecule has 9 heterocycles. The van der Waals surface area contributed by atoms with Crippen LogP contribution in [0.2, 0.25) is 0 Å². The third-order valence-corrected chi connectivity index (χ3v) is 21.3. The first-order valence-corrected chi connectivity index (χ1v) is 38.3. The molecule has 8 aromatic rings. The number of para-hydroxylation sites is 1. The van der Waals surface area contributed by atoms with Gasteiger partial charge in [0.05, 0.1) is 48.8 Å². The highest BCUT2D eigenvalue weighted by Gasteiger charge is 2.37. The molecule has 0 atom stereocenters. The van der Waals surface area contributed by atoms with Crippen LogP contribution in [0, 0.1) is 17.8 Å². The number of ether oxygens (including phenoxy) is 5. The molecule has 0 radical (unpaired) electrons. The Hall–Kier alpha value is -8.79. The molecule has 2 amide bonds. The second kappa shape index (κ2) is 35.3. The summed E-state index contributed by atoms with van der Waals surface area (Å²) in [6.45, 7) is 29.5. The molecule has 21 nitrogen and oxygen atoms in total. The molecule has 5 saturated heterocycles. The monoisotopic (exact) mass is 1420 g/mol. The lowest BCUT2D eigenvalue weighted by atomic mass is 9.86. The summed E-state index contributed by atoms with van der Waals surface area (Å²) in [6, 6.07) is 36.7. The SMILES string of the molecule is CCOC(=O)C(C)(C)Oc1ccc2cccnc2c1N1CCCN(Cc2ccn(-c3ccccc3)n2)CC1.COc1ccc2cccnc2c1N1CCCN(CC2CCN(C(=O)CC3CCCCC3)CC2)CC1.COc1ccc2cccnc2c1N1CCCN(CC2CN(C(=O)OC(C)(C)C)C2)CC1. The van der Waals surface area contributed by atoms with Crippen LogP contribution in [-0.2, 0) is 25.6 Å². The lowest BCUT2D eigenvalue weighted by Gasteiger charge is -2.41. The van der Waals surface area contributed by atoms with Crippen molar-refractivity contribution in [1.29, 1.82) is 0 Å². The van der Waals surface area contributed by atoms with Gasteiger partial charge in [-0.05, 0) is 184 Å². The summed E-state index contributed by atoms with van der Waals surface area (Å²) in [4.78, 5) is 70.5. The number of hydrogen-bond acceptors (Lipinski definition) is 18. The van der Waals surface area contributed by atoms with E-state index >= 15 is 0 Å². The van der Waals surface area contributed by atoms with Gasteiger partial charge in [0.25, 0.3) is 0 Å². The minimum atomic E-state index is -1.12. The highest BCUT2D eigenvalue weighted by Crippen LogP contribution is 2.41. The number of hydrogen-bond donors (Lipinski definition) is 0. The summed E-state index contributed by atoms with van der Waals surface area (Å²) in [7, 11) is 3.48. The predicted octanol–water partition coefficient (Wildman–Crippen LogP) is 13.4. The van der Waals surface area contributed by atoms with Crippen molar-refractivity contribution in [2.24, 2.45) is 17.8 Å². The second-order valence-corrected chi connectivity index (χ2v) is 30.5. The van der Waals surface area contributed by atoms with Crippen LogP contribution in [0.25, 0.3) is 38.4 Å². The van der Waals surface area contributed by atoms with E-state index in [9.17, 15) is 14.4 Å². The van der Waals surface area contributed by atoms with Crippen molar-refractivity contribution >= 4 is 67.7 Å². The van der Waals surface area contributed by atoms with Gasteiger partial charge in [0.2, 0.25) is 5.91 Å². The highest BCUT2D eigenvalue weighted by molar-refractivity contribution is 5.96. The number of benzene rings is 4. The number of carbonyl (C=O) groups excluding carboxylic acids is 3. The molecule has 556 valence electrons. The number of nitrogens with zero attached hydrogens (tertiary/aromatic N) is 13. The van der Waals surface area contributed by atoms with Gasteiger partial charge in [0.1, 0.15) is 39.9 Å². The third kappa shape index (κ3) is 19.4. The largest absolute Gasteiger partial charge is 0.494 e. The average Bonchev–Trinajstić information content (AvgIpc) is 0.986.